The maximum absolute atomic E-state index is 9.07. The molecule has 0 aliphatic carbocycles. The lowest BCUT2D eigenvalue weighted by atomic mass is 10.1. The molecule has 0 spiro atoms. The summed E-state index contributed by atoms with van der Waals surface area (Å²) in [6, 6.07) is 4.14. The Balaban J connectivity index is 1.96. The van der Waals surface area contributed by atoms with Crippen LogP contribution >= 0.6 is 0 Å². The molecule has 0 aromatic carbocycles. The molecule has 0 saturated heterocycles. The second-order valence-corrected chi connectivity index (χ2v) is 4.90. The smallest absolute Gasteiger partial charge is 0.0546 e. The average Bonchev–Trinajstić information content (AvgIpc) is 2.42. The highest BCUT2D eigenvalue weighted by molar-refractivity contribution is 5.08. The van der Waals surface area contributed by atoms with E-state index in [2.05, 4.69) is 23.2 Å². The minimum atomic E-state index is -0.239. The van der Waals surface area contributed by atoms with E-state index in [9.17, 15) is 0 Å². The molecule has 19 heavy (non-hydrogen) atoms. The third-order valence-corrected chi connectivity index (χ3v) is 2.92. The normalized spacial score (nSPS) is 13.4. The first kappa shape index (κ1) is 15.6. The van der Waals surface area contributed by atoms with Gasteiger partial charge in [-0.25, -0.2) is 0 Å². The van der Waals surface area contributed by atoms with Crippen LogP contribution in [0.4, 0.5) is 0 Å². The number of aliphatic hydroxyl groups is 1. The fourth-order valence-corrected chi connectivity index (χ4v) is 1.84. The van der Waals surface area contributed by atoms with Gasteiger partial charge in [0.25, 0.3) is 0 Å². The summed E-state index contributed by atoms with van der Waals surface area (Å²) >= 11 is 0. The lowest BCUT2D eigenvalue weighted by Crippen LogP contribution is -1.94. The van der Waals surface area contributed by atoms with E-state index in [-0.39, 0.29) is 6.10 Å². The van der Waals surface area contributed by atoms with E-state index in [1.165, 1.54) is 24.8 Å². The molecule has 1 heterocycles. The molecule has 0 aliphatic heterocycles. The molecule has 1 rings (SSSR count). The fraction of sp³-hybridized carbons (Fsp3) is 0.471. The van der Waals surface area contributed by atoms with Gasteiger partial charge in [-0.05, 0) is 50.7 Å². The van der Waals surface area contributed by atoms with Crippen LogP contribution in [0.3, 0.4) is 0 Å². The molecule has 1 aromatic rings. The third-order valence-electron chi connectivity index (χ3n) is 2.92. The van der Waals surface area contributed by atoms with E-state index in [1.807, 2.05) is 30.6 Å². The standard InChI is InChI=1S/C17H25NO/c1-16(19)11-8-6-4-2-3-5-7-9-12-17-13-10-14-18-15-17/h2,4,6,8,10,13-16,19H,3,5,7,9,11-12H2,1H3/t16-/m0/s1. The number of hydrogen-bond donors (Lipinski definition) is 1. The second kappa shape index (κ2) is 10.5. The van der Waals surface area contributed by atoms with Crippen molar-refractivity contribution in [2.75, 3.05) is 0 Å². The van der Waals surface area contributed by atoms with Crippen LogP contribution in [0.5, 0.6) is 0 Å². The summed E-state index contributed by atoms with van der Waals surface area (Å²) in [6.07, 6.45) is 18.5. The van der Waals surface area contributed by atoms with Gasteiger partial charge in [-0.1, -0.05) is 36.8 Å². The van der Waals surface area contributed by atoms with Gasteiger partial charge in [-0.3, -0.25) is 4.98 Å². The van der Waals surface area contributed by atoms with Crippen molar-refractivity contribution in [3.8, 4) is 0 Å². The number of rotatable bonds is 9. The molecule has 0 amide bonds. The van der Waals surface area contributed by atoms with Crippen LogP contribution in [-0.4, -0.2) is 16.2 Å². The average molecular weight is 259 g/mol. The number of aryl methyl sites for hydroxylation is 1. The van der Waals surface area contributed by atoms with Crippen LogP contribution in [0.15, 0.2) is 48.8 Å². The number of aliphatic hydroxyl groups excluding tert-OH is 1. The van der Waals surface area contributed by atoms with Crippen LogP contribution < -0.4 is 0 Å². The maximum Gasteiger partial charge on any atom is 0.0546 e. The zero-order valence-corrected chi connectivity index (χ0v) is 11.8. The molecular weight excluding hydrogens is 234 g/mol. The Bertz CT molecular complexity index is 368. The number of allylic oxidation sites excluding steroid dienone is 3. The molecule has 1 atom stereocenters. The Hall–Kier alpha value is -1.41. The molecule has 0 radical (unpaired) electrons. The summed E-state index contributed by atoms with van der Waals surface area (Å²) in [6.45, 7) is 1.80. The first-order chi connectivity index (χ1) is 9.29. The monoisotopic (exact) mass is 259 g/mol. The molecule has 0 aliphatic rings. The molecule has 0 fully saturated rings. The molecule has 2 heteroatoms. The Morgan fingerprint density at radius 1 is 1.21 bits per heavy atom. The van der Waals surface area contributed by atoms with Gasteiger partial charge in [-0.2, -0.15) is 0 Å². The van der Waals surface area contributed by atoms with Crippen molar-refractivity contribution >= 4 is 0 Å². The lowest BCUT2D eigenvalue weighted by Gasteiger charge is -1.99. The predicted octanol–water partition coefficient (Wildman–Crippen LogP) is 4.07. The van der Waals surface area contributed by atoms with Gasteiger partial charge in [-0.15, -0.1) is 0 Å². The first-order valence-corrected chi connectivity index (χ1v) is 7.17. The predicted molar refractivity (Wildman–Crippen MR) is 81.0 cm³/mol. The molecule has 104 valence electrons. The van der Waals surface area contributed by atoms with Gasteiger partial charge in [0.1, 0.15) is 0 Å². The van der Waals surface area contributed by atoms with Gasteiger partial charge in [0.15, 0.2) is 0 Å². The molecular formula is C17H25NO. The van der Waals surface area contributed by atoms with E-state index in [0.717, 1.165) is 19.3 Å². The summed E-state index contributed by atoms with van der Waals surface area (Å²) in [5.41, 5.74) is 1.33. The van der Waals surface area contributed by atoms with Crippen LogP contribution in [-0.2, 0) is 6.42 Å². The molecule has 0 bridgehead atoms. The summed E-state index contributed by atoms with van der Waals surface area (Å²) in [7, 11) is 0. The Kier molecular flexibility index (Phi) is 8.65. The zero-order chi connectivity index (χ0) is 13.8. The summed E-state index contributed by atoms with van der Waals surface area (Å²) in [5.74, 6) is 0. The summed E-state index contributed by atoms with van der Waals surface area (Å²) < 4.78 is 0. The second-order valence-electron chi connectivity index (χ2n) is 4.90. The van der Waals surface area contributed by atoms with E-state index >= 15 is 0 Å². The van der Waals surface area contributed by atoms with Crippen LogP contribution in [0.2, 0.25) is 0 Å². The first-order valence-electron chi connectivity index (χ1n) is 7.17. The van der Waals surface area contributed by atoms with Gasteiger partial charge in [0, 0.05) is 12.4 Å². The van der Waals surface area contributed by atoms with Crippen LogP contribution in [0, 0.1) is 0 Å². The molecule has 0 unspecified atom stereocenters. The van der Waals surface area contributed by atoms with Gasteiger partial charge < -0.3 is 5.11 Å². The molecule has 1 N–H and O–H groups in total. The van der Waals surface area contributed by atoms with Crippen molar-refractivity contribution in [2.45, 2.75) is 51.6 Å². The highest BCUT2D eigenvalue weighted by atomic mass is 16.3. The van der Waals surface area contributed by atoms with E-state index in [0.29, 0.717) is 0 Å². The van der Waals surface area contributed by atoms with E-state index < -0.39 is 0 Å². The van der Waals surface area contributed by atoms with Crippen molar-refractivity contribution in [3.63, 3.8) is 0 Å². The molecule has 0 saturated carbocycles. The SMILES string of the molecule is C[C@H](O)CC=CC=CCCCCCc1cccnc1. The molecule has 2 nitrogen and oxygen atoms in total. The number of hydrogen-bond acceptors (Lipinski definition) is 2. The number of aromatic nitrogens is 1. The van der Waals surface area contributed by atoms with E-state index in [4.69, 9.17) is 5.11 Å². The largest absolute Gasteiger partial charge is 0.393 e. The third kappa shape index (κ3) is 9.20. The quantitative estimate of drug-likeness (QED) is 0.535. The van der Waals surface area contributed by atoms with Crippen LogP contribution in [0.25, 0.3) is 0 Å². The minimum absolute atomic E-state index is 0.239. The Labute approximate surface area is 116 Å². The Morgan fingerprint density at radius 3 is 2.79 bits per heavy atom. The topological polar surface area (TPSA) is 33.1 Å². The van der Waals surface area contributed by atoms with Crippen LogP contribution in [0.1, 0.15) is 44.6 Å². The van der Waals surface area contributed by atoms with Gasteiger partial charge >= 0.3 is 0 Å². The van der Waals surface area contributed by atoms with E-state index in [1.54, 1.807) is 6.92 Å². The summed E-state index contributed by atoms with van der Waals surface area (Å²) in [5, 5.41) is 9.07. The highest BCUT2D eigenvalue weighted by Crippen LogP contribution is 2.07. The number of pyridine rings is 1. The van der Waals surface area contributed by atoms with Gasteiger partial charge in [0.05, 0.1) is 6.10 Å². The minimum Gasteiger partial charge on any atom is -0.393 e. The Morgan fingerprint density at radius 2 is 2.05 bits per heavy atom. The van der Waals surface area contributed by atoms with Gasteiger partial charge in [0.2, 0.25) is 0 Å². The highest BCUT2D eigenvalue weighted by Gasteiger charge is 1.92. The van der Waals surface area contributed by atoms with Crippen molar-refractivity contribution < 1.29 is 5.11 Å². The van der Waals surface area contributed by atoms with Crippen molar-refractivity contribution in [2.24, 2.45) is 0 Å². The fourth-order valence-electron chi connectivity index (χ4n) is 1.84. The zero-order valence-electron chi connectivity index (χ0n) is 11.8. The van der Waals surface area contributed by atoms with Crippen molar-refractivity contribution in [1.82, 2.24) is 4.98 Å². The lowest BCUT2D eigenvalue weighted by molar-refractivity contribution is 0.198. The maximum atomic E-state index is 9.07. The summed E-state index contributed by atoms with van der Waals surface area (Å²) in [4.78, 5) is 4.12. The van der Waals surface area contributed by atoms with Crippen molar-refractivity contribution in [1.29, 1.82) is 0 Å². The van der Waals surface area contributed by atoms with Crippen molar-refractivity contribution in [3.05, 3.63) is 54.4 Å². The number of nitrogens with zero attached hydrogens (tertiary/aromatic N) is 1. The molecule has 1 aromatic heterocycles. The number of unbranched alkanes of at least 4 members (excludes halogenated alkanes) is 3.